The molecule has 134 valence electrons. The van der Waals surface area contributed by atoms with Gasteiger partial charge in [0.2, 0.25) is 11.8 Å². The molecular weight excluding hydrogens is 322 g/mol. The number of nitrogens with two attached hydrogens (primary N) is 2. The fourth-order valence-electron chi connectivity index (χ4n) is 3.23. The summed E-state index contributed by atoms with van der Waals surface area (Å²) in [4.78, 5) is 29.0. The van der Waals surface area contributed by atoms with Gasteiger partial charge in [0.25, 0.3) is 0 Å². The molecule has 0 bridgehead atoms. The molecule has 5 N–H and O–H groups in total. The van der Waals surface area contributed by atoms with Gasteiger partial charge in [0.05, 0.1) is 12.1 Å². The predicted molar refractivity (Wildman–Crippen MR) is 91.4 cm³/mol. The fourth-order valence-corrected chi connectivity index (χ4v) is 3.23. The Hall–Kier alpha value is -2.45. The average molecular weight is 345 g/mol. The van der Waals surface area contributed by atoms with E-state index < -0.39 is 18.1 Å². The molecule has 2 amide bonds. The Morgan fingerprint density at radius 2 is 2.16 bits per heavy atom. The number of aliphatic hydroxyl groups is 1. The average Bonchev–Trinajstić information content (AvgIpc) is 3.18. The van der Waals surface area contributed by atoms with Crippen molar-refractivity contribution >= 4 is 17.5 Å². The Bertz CT molecular complexity index is 774. The SMILES string of the molecule is NC(=O)[C@@H](N)CCC(=O)N1C[C@H](Cc2ccc3nccn3c2)[C@H](O)C1. The highest BCUT2D eigenvalue weighted by molar-refractivity contribution is 5.81. The molecule has 0 radical (unpaired) electrons. The summed E-state index contributed by atoms with van der Waals surface area (Å²) < 4.78 is 1.94. The van der Waals surface area contributed by atoms with Crippen molar-refractivity contribution in [3.05, 3.63) is 36.3 Å². The minimum absolute atomic E-state index is 0.0188. The van der Waals surface area contributed by atoms with Gasteiger partial charge in [-0.1, -0.05) is 6.07 Å². The van der Waals surface area contributed by atoms with Gasteiger partial charge in [-0.2, -0.15) is 0 Å². The zero-order valence-electron chi connectivity index (χ0n) is 13.9. The van der Waals surface area contributed by atoms with E-state index in [1.165, 1.54) is 0 Å². The van der Waals surface area contributed by atoms with Crippen molar-refractivity contribution in [3.63, 3.8) is 0 Å². The number of nitrogens with zero attached hydrogens (tertiary/aromatic N) is 3. The van der Waals surface area contributed by atoms with Crippen molar-refractivity contribution < 1.29 is 14.7 Å². The lowest BCUT2D eigenvalue weighted by atomic mass is 9.98. The Balaban J connectivity index is 1.57. The van der Waals surface area contributed by atoms with Gasteiger partial charge in [-0.3, -0.25) is 9.59 Å². The van der Waals surface area contributed by atoms with Crippen LogP contribution in [-0.4, -0.2) is 56.4 Å². The van der Waals surface area contributed by atoms with E-state index in [4.69, 9.17) is 11.5 Å². The van der Waals surface area contributed by atoms with Gasteiger partial charge in [-0.25, -0.2) is 4.98 Å². The molecule has 3 rings (SSSR count). The lowest BCUT2D eigenvalue weighted by molar-refractivity contribution is -0.130. The van der Waals surface area contributed by atoms with Crippen LogP contribution in [0.25, 0.3) is 5.65 Å². The van der Waals surface area contributed by atoms with Gasteiger partial charge in [0.1, 0.15) is 5.65 Å². The molecule has 3 heterocycles. The van der Waals surface area contributed by atoms with Crippen molar-refractivity contribution in [1.82, 2.24) is 14.3 Å². The minimum Gasteiger partial charge on any atom is -0.391 e. The summed E-state index contributed by atoms with van der Waals surface area (Å²) in [7, 11) is 0. The quantitative estimate of drug-likeness (QED) is 0.637. The molecule has 2 aromatic heterocycles. The van der Waals surface area contributed by atoms with E-state index in [1.807, 2.05) is 28.9 Å². The molecule has 0 unspecified atom stereocenters. The number of hydrogen-bond donors (Lipinski definition) is 3. The number of pyridine rings is 1. The zero-order valence-corrected chi connectivity index (χ0v) is 13.9. The number of primary amides is 1. The van der Waals surface area contributed by atoms with Crippen molar-refractivity contribution in [2.45, 2.75) is 31.4 Å². The number of aromatic nitrogens is 2. The first-order valence-corrected chi connectivity index (χ1v) is 8.36. The third-order valence-corrected chi connectivity index (χ3v) is 4.74. The number of carbonyl (C=O) groups excluding carboxylic acids is 2. The molecule has 0 spiro atoms. The summed E-state index contributed by atoms with van der Waals surface area (Å²) in [6.07, 6.45) is 6.10. The summed E-state index contributed by atoms with van der Waals surface area (Å²) in [5, 5.41) is 10.3. The van der Waals surface area contributed by atoms with Crippen molar-refractivity contribution in [1.29, 1.82) is 0 Å². The number of rotatable bonds is 6. The summed E-state index contributed by atoms with van der Waals surface area (Å²) in [5.41, 5.74) is 12.6. The van der Waals surface area contributed by atoms with Crippen LogP contribution in [0.5, 0.6) is 0 Å². The van der Waals surface area contributed by atoms with Crippen LogP contribution in [0.15, 0.2) is 30.7 Å². The first kappa shape index (κ1) is 17.4. The second kappa shape index (κ2) is 7.20. The predicted octanol–water partition coefficient (Wildman–Crippen LogP) is -0.711. The number of β-amino-alcohol motifs (C(OH)–C–C–N with tert-alkyl or cyclic N) is 1. The second-order valence-corrected chi connectivity index (χ2v) is 6.61. The van der Waals surface area contributed by atoms with E-state index in [2.05, 4.69) is 4.98 Å². The highest BCUT2D eigenvalue weighted by atomic mass is 16.3. The molecule has 2 aromatic rings. The zero-order chi connectivity index (χ0) is 18.0. The highest BCUT2D eigenvalue weighted by Gasteiger charge is 2.34. The monoisotopic (exact) mass is 345 g/mol. The number of hydrogen-bond acceptors (Lipinski definition) is 5. The largest absolute Gasteiger partial charge is 0.391 e. The molecule has 8 nitrogen and oxygen atoms in total. The minimum atomic E-state index is -0.811. The van der Waals surface area contributed by atoms with Crippen molar-refractivity contribution in [3.8, 4) is 0 Å². The highest BCUT2D eigenvalue weighted by Crippen LogP contribution is 2.22. The molecule has 0 aliphatic carbocycles. The lowest BCUT2D eigenvalue weighted by Crippen LogP contribution is -2.38. The second-order valence-electron chi connectivity index (χ2n) is 6.61. The number of likely N-dealkylation sites (tertiary alicyclic amines) is 1. The van der Waals surface area contributed by atoms with E-state index in [-0.39, 0.29) is 24.7 Å². The lowest BCUT2D eigenvalue weighted by Gasteiger charge is -2.17. The first-order chi connectivity index (χ1) is 11.9. The van der Waals surface area contributed by atoms with Gasteiger partial charge in [-0.15, -0.1) is 0 Å². The first-order valence-electron chi connectivity index (χ1n) is 8.36. The normalized spacial score (nSPS) is 21.6. The van der Waals surface area contributed by atoms with Crippen LogP contribution in [-0.2, 0) is 16.0 Å². The fraction of sp³-hybridized carbons (Fsp3) is 0.471. The molecule has 1 saturated heterocycles. The molecule has 1 fully saturated rings. The van der Waals surface area contributed by atoms with E-state index >= 15 is 0 Å². The van der Waals surface area contributed by atoms with E-state index in [1.54, 1.807) is 11.1 Å². The smallest absolute Gasteiger partial charge is 0.234 e. The van der Waals surface area contributed by atoms with Crippen LogP contribution in [0.3, 0.4) is 0 Å². The van der Waals surface area contributed by atoms with E-state index in [9.17, 15) is 14.7 Å². The number of aliphatic hydroxyl groups excluding tert-OH is 1. The number of fused-ring (bicyclic) bond motifs is 1. The molecule has 0 saturated carbocycles. The van der Waals surface area contributed by atoms with Crippen molar-refractivity contribution in [2.75, 3.05) is 13.1 Å². The van der Waals surface area contributed by atoms with Crippen LogP contribution in [0, 0.1) is 5.92 Å². The maximum Gasteiger partial charge on any atom is 0.234 e. The maximum atomic E-state index is 12.3. The van der Waals surface area contributed by atoms with Crippen LogP contribution in [0.2, 0.25) is 0 Å². The molecule has 1 aliphatic rings. The molecule has 25 heavy (non-hydrogen) atoms. The molecule has 1 aliphatic heterocycles. The number of amides is 2. The van der Waals surface area contributed by atoms with E-state index in [0.717, 1.165) is 11.2 Å². The van der Waals surface area contributed by atoms with Crippen LogP contribution in [0.1, 0.15) is 18.4 Å². The summed E-state index contributed by atoms with van der Waals surface area (Å²) in [6.45, 7) is 0.802. The number of imidazole rings is 1. The topological polar surface area (TPSA) is 127 Å². The summed E-state index contributed by atoms with van der Waals surface area (Å²) in [6, 6.07) is 3.12. The van der Waals surface area contributed by atoms with E-state index in [0.29, 0.717) is 19.5 Å². The third kappa shape index (κ3) is 3.97. The van der Waals surface area contributed by atoms with Gasteiger partial charge in [-0.05, 0) is 24.5 Å². The molecule has 3 atom stereocenters. The molecule has 8 heteroatoms. The standard InChI is InChI=1S/C17H23N5O3/c18-13(17(19)25)2-4-16(24)22-9-12(14(23)10-22)7-11-1-3-15-20-5-6-21(15)8-11/h1,3,5-6,8,12-14,23H,2,4,7,9-10,18H2,(H2,19,25)/t12-,13-,14+/m0/s1. The van der Waals surface area contributed by atoms with Gasteiger partial charge >= 0.3 is 0 Å². The van der Waals surface area contributed by atoms with Crippen LogP contribution in [0.4, 0.5) is 0 Å². The van der Waals surface area contributed by atoms with Crippen LogP contribution >= 0.6 is 0 Å². The third-order valence-electron chi connectivity index (χ3n) is 4.74. The van der Waals surface area contributed by atoms with Gasteiger partial charge in [0.15, 0.2) is 0 Å². The Kier molecular flexibility index (Phi) is 5.00. The molecular formula is C17H23N5O3. The maximum absolute atomic E-state index is 12.3. The summed E-state index contributed by atoms with van der Waals surface area (Å²) in [5.74, 6) is -0.736. The van der Waals surface area contributed by atoms with Gasteiger partial charge in [0, 0.05) is 44.0 Å². The Morgan fingerprint density at radius 1 is 1.36 bits per heavy atom. The summed E-state index contributed by atoms with van der Waals surface area (Å²) >= 11 is 0. The number of carbonyl (C=O) groups is 2. The van der Waals surface area contributed by atoms with Crippen molar-refractivity contribution in [2.24, 2.45) is 17.4 Å². The van der Waals surface area contributed by atoms with Gasteiger partial charge < -0.3 is 25.9 Å². The molecule has 0 aromatic carbocycles. The Labute approximate surface area is 145 Å². The van der Waals surface area contributed by atoms with Crippen LogP contribution < -0.4 is 11.5 Å². The Morgan fingerprint density at radius 3 is 2.92 bits per heavy atom.